The smallest absolute Gasteiger partial charge is 0.164 e. The predicted molar refractivity (Wildman–Crippen MR) is 176 cm³/mol. The van der Waals surface area contributed by atoms with Gasteiger partial charge < -0.3 is 9.52 Å². The van der Waals surface area contributed by atoms with Gasteiger partial charge in [-0.05, 0) is 23.3 Å². The van der Waals surface area contributed by atoms with Crippen molar-refractivity contribution in [1.29, 1.82) is 0 Å². The number of rotatable bonds is 5. The fourth-order valence-corrected chi connectivity index (χ4v) is 5.75. The molecule has 208 valence electrons. The van der Waals surface area contributed by atoms with Gasteiger partial charge in [0, 0.05) is 38.6 Å². The second kappa shape index (κ2) is 10.6. The molecule has 8 aromatic rings. The maximum atomic E-state index is 11.2. The van der Waals surface area contributed by atoms with Gasteiger partial charge in [0.15, 0.2) is 17.5 Å². The van der Waals surface area contributed by atoms with Gasteiger partial charge in [0.25, 0.3) is 0 Å². The highest BCUT2D eigenvalue weighted by molar-refractivity contribution is 6.09. The molecule has 0 aliphatic carbocycles. The molecule has 0 atom stereocenters. The largest absolute Gasteiger partial charge is 0.507 e. The average Bonchev–Trinajstić information content (AvgIpc) is 3.48. The van der Waals surface area contributed by atoms with E-state index in [0.717, 1.165) is 49.8 Å². The van der Waals surface area contributed by atoms with Gasteiger partial charge in [-0.3, -0.25) is 0 Å². The Balaban J connectivity index is 1.26. The molecule has 5 nitrogen and oxygen atoms in total. The van der Waals surface area contributed by atoms with Gasteiger partial charge in [-0.15, -0.1) is 0 Å². The highest BCUT2D eigenvalue weighted by Gasteiger charge is 2.19. The molecule has 1 N–H and O–H groups in total. The summed E-state index contributed by atoms with van der Waals surface area (Å²) < 4.78 is 6.28. The van der Waals surface area contributed by atoms with Crippen LogP contribution in [0.15, 0.2) is 150 Å². The van der Waals surface area contributed by atoms with E-state index in [2.05, 4.69) is 36.4 Å². The van der Waals surface area contributed by atoms with E-state index in [9.17, 15) is 5.11 Å². The van der Waals surface area contributed by atoms with Crippen LogP contribution < -0.4 is 0 Å². The molecule has 44 heavy (non-hydrogen) atoms. The van der Waals surface area contributed by atoms with Crippen LogP contribution in [0.25, 0.3) is 78.4 Å². The Kier molecular flexibility index (Phi) is 6.20. The third kappa shape index (κ3) is 4.48. The van der Waals surface area contributed by atoms with Crippen LogP contribution in [0.3, 0.4) is 0 Å². The van der Waals surface area contributed by atoms with Crippen molar-refractivity contribution in [3.8, 4) is 62.2 Å². The van der Waals surface area contributed by atoms with Crippen LogP contribution in [0.4, 0.5) is 0 Å². The lowest BCUT2D eigenvalue weighted by Gasteiger charge is -2.14. The first kappa shape index (κ1) is 25.6. The summed E-state index contributed by atoms with van der Waals surface area (Å²) in [4.78, 5) is 14.6. The second-order valence-electron chi connectivity index (χ2n) is 10.6. The van der Waals surface area contributed by atoms with Gasteiger partial charge in [0.2, 0.25) is 0 Å². The number of para-hydroxylation sites is 2. The number of hydrogen-bond donors (Lipinski definition) is 1. The topological polar surface area (TPSA) is 72.0 Å². The summed E-state index contributed by atoms with van der Waals surface area (Å²) in [5.74, 6) is 1.77. The molecule has 2 heterocycles. The zero-order chi connectivity index (χ0) is 29.5. The van der Waals surface area contributed by atoms with Crippen molar-refractivity contribution in [1.82, 2.24) is 15.0 Å². The standard InChI is InChI=1S/C39H25N3O2/c43-33-19-10-18-32(39-41-37(27-11-3-1-4-12-27)40-38(42-39)28-13-5-2-6-14-28)35(33)26-23-21-25(22-24-26)29-16-9-17-31-30-15-7-8-20-34(30)44-36(29)31/h1-24,43H. The quantitative estimate of drug-likeness (QED) is 0.224. The summed E-state index contributed by atoms with van der Waals surface area (Å²) in [5.41, 5.74) is 7.76. The zero-order valence-electron chi connectivity index (χ0n) is 23.6. The molecule has 0 spiro atoms. The van der Waals surface area contributed by atoms with E-state index in [4.69, 9.17) is 19.4 Å². The predicted octanol–water partition coefficient (Wildman–Crippen LogP) is 9.81. The monoisotopic (exact) mass is 567 g/mol. The molecule has 0 bridgehead atoms. The van der Waals surface area contributed by atoms with Crippen LogP contribution in [0.2, 0.25) is 0 Å². The summed E-state index contributed by atoms with van der Waals surface area (Å²) >= 11 is 0. The number of hydrogen-bond acceptors (Lipinski definition) is 5. The molecule has 0 aliphatic heterocycles. The Morgan fingerprint density at radius 3 is 1.66 bits per heavy atom. The van der Waals surface area contributed by atoms with Crippen molar-refractivity contribution in [3.63, 3.8) is 0 Å². The number of aromatic hydroxyl groups is 1. The van der Waals surface area contributed by atoms with Crippen molar-refractivity contribution < 1.29 is 9.52 Å². The minimum Gasteiger partial charge on any atom is -0.507 e. The molecular weight excluding hydrogens is 542 g/mol. The van der Waals surface area contributed by atoms with E-state index in [1.54, 1.807) is 6.07 Å². The van der Waals surface area contributed by atoms with Gasteiger partial charge in [-0.25, -0.2) is 15.0 Å². The minimum atomic E-state index is 0.151. The molecule has 0 saturated heterocycles. The van der Waals surface area contributed by atoms with E-state index >= 15 is 0 Å². The first-order valence-electron chi connectivity index (χ1n) is 14.4. The van der Waals surface area contributed by atoms with E-state index in [0.29, 0.717) is 28.6 Å². The van der Waals surface area contributed by atoms with Crippen molar-refractivity contribution in [2.75, 3.05) is 0 Å². The molecule has 0 radical (unpaired) electrons. The maximum absolute atomic E-state index is 11.2. The van der Waals surface area contributed by atoms with Gasteiger partial charge >= 0.3 is 0 Å². The average molecular weight is 568 g/mol. The first-order valence-corrected chi connectivity index (χ1v) is 14.4. The lowest BCUT2D eigenvalue weighted by atomic mass is 9.95. The molecule has 0 fully saturated rings. The molecule has 2 aromatic heterocycles. The van der Waals surface area contributed by atoms with Crippen molar-refractivity contribution in [2.45, 2.75) is 0 Å². The Labute approximate surface area is 253 Å². The number of nitrogens with zero attached hydrogens (tertiary/aromatic N) is 3. The second-order valence-corrected chi connectivity index (χ2v) is 10.6. The molecule has 8 rings (SSSR count). The van der Waals surface area contributed by atoms with Crippen molar-refractivity contribution >= 4 is 21.9 Å². The summed E-state index contributed by atoms with van der Waals surface area (Å²) in [5, 5.41) is 13.4. The summed E-state index contributed by atoms with van der Waals surface area (Å²) in [7, 11) is 0. The molecular formula is C39H25N3O2. The number of benzene rings is 6. The Bertz CT molecular complexity index is 2220. The van der Waals surface area contributed by atoms with E-state index in [-0.39, 0.29) is 5.75 Å². The number of phenols is 1. The lowest BCUT2D eigenvalue weighted by Crippen LogP contribution is -2.01. The molecule has 0 aliphatic rings. The van der Waals surface area contributed by atoms with Gasteiger partial charge in [0.1, 0.15) is 16.9 Å². The molecule has 0 saturated carbocycles. The van der Waals surface area contributed by atoms with E-state index in [1.807, 2.05) is 103 Å². The Morgan fingerprint density at radius 1 is 0.409 bits per heavy atom. The number of phenolic OH excluding ortho intramolecular Hbond substituents is 1. The summed E-state index contributed by atoms with van der Waals surface area (Å²) in [6, 6.07) is 47.7. The van der Waals surface area contributed by atoms with Crippen LogP contribution in [0, 0.1) is 0 Å². The normalized spacial score (nSPS) is 11.3. The van der Waals surface area contributed by atoms with Crippen LogP contribution in [-0.4, -0.2) is 20.1 Å². The SMILES string of the molecule is Oc1cccc(-c2nc(-c3ccccc3)nc(-c3ccccc3)n2)c1-c1ccc(-c2cccc3c2oc2ccccc23)cc1. The summed E-state index contributed by atoms with van der Waals surface area (Å²) in [6.45, 7) is 0. The third-order valence-corrected chi connectivity index (χ3v) is 7.87. The van der Waals surface area contributed by atoms with Gasteiger partial charge in [-0.2, -0.15) is 0 Å². The molecule has 0 amide bonds. The van der Waals surface area contributed by atoms with Crippen LogP contribution in [-0.2, 0) is 0 Å². The highest BCUT2D eigenvalue weighted by Crippen LogP contribution is 2.40. The van der Waals surface area contributed by atoms with Crippen LogP contribution >= 0.6 is 0 Å². The fourth-order valence-electron chi connectivity index (χ4n) is 5.75. The minimum absolute atomic E-state index is 0.151. The van der Waals surface area contributed by atoms with E-state index < -0.39 is 0 Å². The highest BCUT2D eigenvalue weighted by atomic mass is 16.3. The molecule has 0 unspecified atom stereocenters. The van der Waals surface area contributed by atoms with Crippen LogP contribution in [0.1, 0.15) is 0 Å². The lowest BCUT2D eigenvalue weighted by molar-refractivity contribution is 0.477. The van der Waals surface area contributed by atoms with Crippen LogP contribution in [0.5, 0.6) is 5.75 Å². The number of fused-ring (bicyclic) bond motifs is 3. The summed E-state index contributed by atoms with van der Waals surface area (Å²) in [6.07, 6.45) is 0. The Hall–Kier alpha value is -6.07. The third-order valence-electron chi connectivity index (χ3n) is 7.87. The molecule has 5 heteroatoms. The Morgan fingerprint density at radius 2 is 0.955 bits per heavy atom. The van der Waals surface area contributed by atoms with Crippen molar-refractivity contribution in [2.24, 2.45) is 0 Å². The van der Waals surface area contributed by atoms with Crippen molar-refractivity contribution in [3.05, 3.63) is 146 Å². The number of furan rings is 1. The fraction of sp³-hybridized carbons (Fsp3) is 0. The van der Waals surface area contributed by atoms with Gasteiger partial charge in [-0.1, -0.05) is 133 Å². The van der Waals surface area contributed by atoms with E-state index in [1.165, 1.54) is 0 Å². The molecule has 6 aromatic carbocycles. The van der Waals surface area contributed by atoms with Gasteiger partial charge in [0.05, 0.1) is 0 Å². The zero-order valence-corrected chi connectivity index (χ0v) is 23.6. The first-order chi connectivity index (χ1) is 21.7. The maximum Gasteiger partial charge on any atom is 0.164 e. The number of aromatic nitrogens is 3.